The third kappa shape index (κ3) is 4.67. The van der Waals surface area contributed by atoms with Crippen molar-refractivity contribution in [3.8, 4) is 0 Å². The van der Waals surface area contributed by atoms with Gasteiger partial charge in [0.2, 0.25) is 11.8 Å². The summed E-state index contributed by atoms with van der Waals surface area (Å²) in [7, 11) is 0. The molecule has 0 bridgehead atoms. The van der Waals surface area contributed by atoms with Gasteiger partial charge in [-0.3, -0.25) is 14.4 Å². The second kappa shape index (κ2) is 8.77. The lowest BCUT2D eigenvalue weighted by Gasteiger charge is -2.22. The molecule has 0 heterocycles. The van der Waals surface area contributed by atoms with E-state index in [2.05, 4.69) is 5.32 Å². The fraction of sp³-hybridized carbons (Fsp3) is 0.211. The average molecular weight is 354 g/mol. The number of benzene rings is 2. The van der Waals surface area contributed by atoms with Crippen molar-refractivity contribution in [3.63, 3.8) is 0 Å². The summed E-state index contributed by atoms with van der Waals surface area (Å²) in [6, 6.07) is 13.6. The highest BCUT2D eigenvalue weighted by Gasteiger charge is 2.26. The largest absolute Gasteiger partial charge is 0.397 e. The molecule has 0 atom stereocenters. The summed E-state index contributed by atoms with van der Waals surface area (Å²) in [5.74, 6) is -1.31. The maximum atomic E-state index is 12.9. The predicted molar refractivity (Wildman–Crippen MR) is 101 cm³/mol. The Bertz CT molecular complexity index is 803. The number of carbonyl (C=O) groups is 3. The summed E-state index contributed by atoms with van der Waals surface area (Å²) in [6.45, 7) is 1.83. The monoisotopic (exact) mass is 354 g/mol. The van der Waals surface area contributed by atoms with E-state index >= 15 is 0 Å². The van der Waals surface area contributed by atoms with E-state index in [-0.39, 0.29) is 25.4 Å². The number of rotatable bonds is 6. The van der Waals surface area contributed by atoms with Crippen LogP contribution in [0.15, 0.2) is 48.5 Å². The summed E-state index contributed by atoms with van der Waals surface area (Å²) in [4.78, 5) is 37.9. The van der Waals surface area contributed by atoms with Gasteiger partial charge >= 0.3 is 0 Å². The molecule has 2 aromatic carbocycles. The van der Waals surface area contributed by atoms with E-state index in [1.165, 1.54) is 0 Å². The topological polar surface area (TPSA) is 119 Å². The Balaban J connectivity index is 2.29. The summed E-state index contributed by atoms with van der Waals surface area (Å²) in [6.07, 6.45) is -0.0579. The van der Waals surface area contributed by atoms with Crippen LogP contribution in [0.4, 0.5) is 11.4 Å². The number of aryl methyl sites for hydroxylation is 1. The maximum absolute atomic E-state index is 12.9. The second-order valence-corrected chi connectivity index (χ2v) is 5.76. The van der Waals surface area contributed by atoms with Gasteiger partial charge in [0.05, 0.1) is 17.9 Å². The highest BCUT2D eigenvalue weighted by molar-refractivity contribution is 6.22. The number of nitrogens with one attached hydrogen (secondary N) is 1. The summed E-state index contributed by atoms with van der Waals surface area (Å²) in [5.41, 5.74) is 13.2. The molecular weight excluding hydrogens is 332 g/mol. The standard InChI is InChI=1S/C19H22N4O3/c1-13-6-8-14(9-7-13)19(26)23(16-5-3-2-4-15(16)21)18(25)10-11-22-17(24)12-20/h2-9H,10-12,20-21H2,1H3,(H,22,24). The number of hydrogen-bond donors (Lipinski definition) is 3. The zero-order valence-corrected chi connectivity index (χ0v) is 14.6. The van der Waals surface area contributed by atoms with E-state index in [0.717, 1.165) is 10.5 Å². The molecule has 0 spiro atoms. The Labute approximate surface area is 152 Å². The van der Waals surface area contributed by atoms with Crippen molar-refractivity contribution in [1.29, 1.82) is 0 Å². The van der Waals surface area contributed by atoms with Crippen LogP contribution in [0.3, 0.4) is 0 Å². The highest BCUT2D eigenvalue weighted by atomic mass is 16.2. The molecule has 0 aliphatic heterocycles. The van der Waals surface area contributed by atoms with E-state index in [4.69, 9.17) is 11.5 Å². The van der Waals surface area contributed by atoms with Crippen LogP contribution < -0.4 is 21.7 Å². The minimum absolute atomic E-state index is 0.0579. The Morgan fingerprint density at radius 3 is 2.31 bits per heavy atom. The van der Waals surface area contributed by atoms with Gasteiger partial charge in [-0.15, -0.1) is 0 Å². The van der Waals surface area contributed by atoms with Crippen LogP contribution in [-0.2, 0) is 9.59 Å². The fourth-order valence-electron chi connectivity index (χ4n) is 2.37. The third-order valence-corrected chi connectivity index (χ3v) is 3.78. The van der Waals surface area contributed by atoms with Crippen LogP contribution in [0.2, 0.25) is 0 Å². The molecule has 0 aromatic heterocycles. The van der Waals surface area contributed by atoms with Gasteiger partial charge in [-0.25, -0.2) is 4.90 Å². The fourth-order valence-corrected chi connectivity index (χ4v) is 2.37. The van der Waals surface area contributed by atoms with Gasteiger partial charge < -0.3 is 16.8 Å². The van der Waals surface area contributed by atoms with Crippen LogP contribution in [0.25, 0.3) is 0 Å². The van der Waals surface area contributed by atoms with Gasteiger partial charge in [0.1, 0.15) is 0 Å². The lowest BCUT2D eigenvalue weighted by atomic mass is 10.1. The van der Waals surface area contributed by atoms with Crippen molar-refractivity contribution in [2.45, 2.75) is 13.3 Å². The molecule has 2 aromatic rings. The van der Waals surface area contributed by atoms with Crippen LogP contribution in [0.5, 0.6) is 0 Å². The predicted octanol–water partition coefficient (Wildman–Crippen LogP) is 1.22. The van der Waals surface area contributed by atoms with Crippen LogP contribution >= 0.6 is 0 Å². The number of nitrogens with zero attached hydrogens (tertiary/aromatic N) is 1. The molecule has 0 radical (unpaired) electrons. The molecule has 26 heavy (non-hydrogen) atoms. The summed E-state index contributed by atoms with van der Waals surface area (Å²) < 4.78 is 0. The Morgan fingerprint density at radius 1 is 1.04 bits per heavy atom. The van der Waals surface area contributed by atoms with E-state index in [1.54, 1.807) is 48.5 Å². The number of amides is 3. The van der Waals surface area contributed by atoms with Gasteiger partial charge in [-0.05, 0) is 31.2 Å². The first kappa shape index (κ1) is 19.1. The number of nitrogens with two attached hydrogens (primary N) is 2. The molecule has 0 saturated carbocycles. The number of anilines is 2. The van der Waals surface area contributed by atoms with Crippen molar-refractivity contribution in [3.05, 3.63) is 59.7 Å². The molecular formula is C19H22N4O3. The number of carbonyl (C=O) groups excluding carboxylic acids is 3. The Morgan fingerprint density at radius 2 is 1.69 bits per heavy atom. The number of imide groups is 1. The van der Waals surface area contributed by atoms with Crippen molar-refractivity contribution in [2.24, 2.45) is 5.73 Å². The Hall–Kier alpha value is -3.19. The van der Waals surface area contributed by atoms with Gasteiger partial charge in [-0.2, -0.15) is 0 Å². The van der Waals surface area contributed by atoms with E-state index in [0.29, 0.717) is 16.9 Å². The maximum Gasteiger partial charge on any atom is 0.265 e. The minimum Gasteiger partial charge on any atom is -0.397 e. The number of hydrogen-bond acceptors (Lipinski definition) is 5. The normalized spacial score (nSPS) is 10.2. The smallest absolute Gasteiger partial charge is 0.265 e. The number of para-hydroxylation sites is 2. The average Bonchev–Trinajstić information content (AvgIpc) is 2.63. The van der Waals surface area contributed by atoms with Crippen molar-refractivity contribution in [1.82, 2.24) is 5.32 Å². The first-order chi connectivity index (χ1) is 12.4. The van der Waals surface area contributed by atoms with Crippen LogP contribution in [0.1, 0.15) is 22.3 Å². The SMILES string of the molecule is Cc1ccc(C(=O)N(C(=O)CCNC(=O)CN)c2ccccc2N)cc1. The first-order valence-electron chi connectivity index (χ1n) is 8.19. The quantitative estimate of drug-likeness (QED) is 0.674. The van der Waals surface area contributed by atoms with E-state index in [1.807, 2.05) is 6.92 Å². The number of nitrogen functional groups attached to an aromatic ring is 1. The van der Waals surface area contributed by atoms with E-state index in [9.17, 15) is 14.4 Å². The molecule has 0 fully saturated rings. The van der Waals surface area contributed by atoms with Gasteiger partial charge in [0.15, 0.2) is 0 Å². The van der Waals surface area contributed by atoms with E-state index < -0.39 is 11.8 Å². The molecule has 7 heteroatoms. The summed E-state index contributed by atoms with van der Waals surface area (Å²) >= 11 is 0. The zero-order chi connectivity index (χ0) is 19.1. The van der Waals surface area contributed by atoms with Crippen LogP contribution in [-0.4, -0.2) is 30.8 Å². The van der Waals surface area contributed by atoms with Crippen LogP contribution in [0, 0.1) is 6.92 Å². The molecule has 2 rings (SSSR count). The lowest BCUT2D eigenvalue weighted by molar-refractivity contribution is -0.120. The molecule has 0 aliphatic carbocycles. The second-order valence-electron chi connectivity index (χ2n) is 5.76. The van der Waals surface area contributed by atoms with Gasteiger partial charge in [0.25, 0.3) is 5.91 Å². The van der Waals surface area contributed by atoms with Crippen molar-refractivity contribution in [2.75, 3.05) is 23.7 Å². The molecule has 5 N–H and O–H groups in total. The minimum atomic E-state index is -0.474. The summed E-state index contributed by atoms with van der Waals surface area (Å²) in [5, 5.41) is 2.52. The van der Waals surface area contributed by atoms with Crippen molar-refractivity contribution < 1.29 is 14.4 Å². The molecule has 7 nitrogen and oxygen atoms in total. The van der Waals surface area contributed by atoms with Crippen molar-refractivity contribution >= 4 is 29.1 Å². The molecule has 3 amide bonds. The Kier molecular flexibility index (Phi) is 6.46. The highest BCUT2D eigenvalue weighted by Crippen LogP contribution is 2.25. The van der Waals surface area contributed by atoms with Gasteiger partial charge in [-0.1, -0.05) is 29.8 Å². The molecule has 0 aliphatic rings. The molecule has 0 unspecified atom stereocenters. The first-order valence-corrected chi connectivity index (χ1v) is 8.19. The van der Waals surface area contributed by atoms with Gasteiger partial charge in [0, 0.05) is 18.5 Å². The third-order valence-electron chi connectivity index (χ3n) is 3.78. The molecule has 136 valence electrons. The molecule has 0 saturated heterocycles. The lowest BCUT2D eigenvalue weighted by Crippen LogP contribution is -2.40. The zero-order valence-electron chi connectivity index (χ0n) is 14.6.